The second kappa shape index (κ2) is 9.38. The molecule has 0 amide bonds. The van der Waals surface area contributed by atoms with Crippen LogP contribution in [0.1, 0.15) is 30.2 Å². The van der Waals surface area contributed by atoms with Gasteiger partial charge in [-0.2, -0.15) is 0 Å². The van der Waals surface area contributed by atoms with E-state index in [1.165, 1.54) is 0 Å². The maximum Gasteiger partial charge on any atom is 0.269 e. The van der Waals surface area contributed by atoms with Crippen molar-refractivity contribution in [1.29, 1.82) is 0 Å². The monoisotopic (exact) mass is 423 g/mol. The Morgan fingerprint density at radius 3 is 2.26 bits per heavy atom. The summed E-state index contributed by atoms with van der Waals surface area (Å²) < 4.78 is 8.15. The van der Waals surface area contributed by atoms with Crippen LogP contribution in [0.3, 0.4) is 0 Å². The average molecular weight is 424 g/mol. The Morgan fingerprint density at radius 1 is 1.00 bits per heavy atom. The summed E-state index contributed by atoms with van der Waals surface area (Å²) in [5.74, 6) is 0.559. The number of allylic oxidation sites excluding steroid dienone is 1. The van der Waals surface area contributed by atoms with Gasteiger partial charge in [0, 0.05) is 11.8 Å². The average Bonchev–Trinajstić information content (AvgIpc) is 2.71. The van der Waals surface area contributed by atoms with Crippen LogP contribution in [-0.4, -0.2) is 4.57 Å². The van der Waals surface area contributed by atoms with Crippen LogP contribution in [0.25, 0.3) is 6.08 Å². The van der Waals surface area contributed by atoms with Crippen molar-refractivity contribution in [3.63, 3.8) is 0 Å². The number of benzene rings is 2. The molecule has 3 aromatic rings. The Labute approximate surface area is 168 Å². The smallest absolute Gasteiger partial charge is 0.269 e. The summed E-state index contributed by atoms with van der Waals surface area (Å²) in [5, 5.41) is 0. The van der Waals surface area contributed by atoms with Gasteiger partial charge < -0.3 is 9.30 Å². The van der Waals surface area contributed by atoms with E-state index < -0.39 is 0 Å². The third-order valence-electron chi connectivity index (χ3n) is 4.18. The Balaban J connectivity index is 1.95. The molecule has 0 spiro atoms. The van der Waals surface area contributed by atoms with E-state index in [1.54, 1.807) is 4.57 Å². The molecule has 3 rings (SSSR count). The number of ether oxygens (including phenoxy) is 1. The van der Waals surface area contributed by atoms with E-state index in [9.17, 15) is 4.79 Å². The molecular formula is C23H22BrNO2. The molecule has 27 heavy (non-hydrogen) atoms. The van der Waals surface area contributed by atoms with Crippen molar-refractivity contribution in [3.05, 3.63) is 104 Å². The summed E-state index contributed by atoms with van der Waals surface area (Å²) >= 11 is 3.44. The summed E-state index contributed by atoms with van der Waals surface area (Å²) in [4.78, 5) is 13.0. The van der Waals surface area contributed by atoms with E-state index in [4.69, 9.17) is 4.74 Å². The molecule has 4 heteroatoms. The number of aromatic nitrogens is 1. The number of rotatable bonds is 7. The van der Waals surface area contributed by atoms with Gasteiger partial charge in [0.25, 0.3) is 5.56 Å². The van der Waals surface area contributed by atoms with E-state index in [2.05, 4.69) is 22.9 Å². The lowest BCUT2D eigenvalue weighted by Gasteiger charge is -2.15. The maximum absolute atomic E-state index is 13.0. The van der Waals surface area contributed by atoms with Gasteiger partial charge in [-0.15, -0.1) is 0 Å². The quantitative estimate of drug-likeness (QED) is 0.490. The number of hydrogen-bond donors (Lipinski definition) is 0. The van der Waals surface area contributed by atoms with Crippen LogP contribution in [0.4, 0.5) is 0 Å². The van der Waals surface area contributed by atoms with Gasteiger partial charge in [0.05, 0.1) is 6.54 Å². The van der Waals surface area contributed by atoms with E-state index in [0.717, 1.165) is 23.2 Å². The molecule has 0 aliphatic heterocycles. The highest BCUT2D eigenvalue weighted by molar-refractivity contribution is 9.10. The molecule has 0 bridgehead atoms. The van der Waals surface area contributed by atoms with Crippen LogP contribution < -0.4 is 10.3 Å². The van der Waals surface area contributed by atoms with Crippen LogP contribution in [0.5, 0.6) is 5.75 Å². The van der Waals surface area contributed by atoms with Crippen molar-refractivity contribution in [3.8, 4) is 5.75 Å². The van der Waals surface area contributed by atoms with Gasteiger partial charge in [-0.1, -0.05) is 73.7 Å². The SMILES string of the molecule is CCC=Cc1cc(OCc2ccccc2)c(Br)c(=O)n1Cc1ccccc1. The Morgan fingerprint density at radius 2 is 1.63 bits per heavy atom. The molecule has 1 heterocycles. The highest BCUT2D eigenvalue weighted by atomic mass is 79.9. The zero-order valence-electron chi connectivity index (χ0n) is 15.3. The van der Waals surface area contributed by atoms with Crippen LogP contribution in [0.2, 0.25) is 0 Å². The topological polar surface area (TPSA) is 31.2 Å². The fourth-order valence-electron chi connectivity index (χ4n) is 2.76. The molecule has 0 fully saturated rings. The largest absolute Gasteiger partial charge is 0.487 e. The van der Waals surface area contributed by atoms with Crippen molar-refractivity contribution in [2.75, 3.05) is 0 Å². The zero-order chi connectivity index (χ0) is 19.1. The number of pyridine rings is 1. The zero-order valence-corrected chi connectivity index (χ0v) is 16.9. The minimum atomic E-state index is -0.0971. The minimum absolute atomic E-state index is 0.0971. The van der Waals surface area contributed by atoms with Crippen molar-refractivity contribution in [1.82, 2.24) is 4.57 Å². The lowest BCUT2D eigenvalue weighted by Crippen LogP contribution is -2.24. The number of halogens is 1. The normalized spacial score (nSPS) is 11.0. The van der Waals surface area contributed by atoms with Crippen molar-refractivity contribution < 1.29 is 4.74 Å². The predicted octanol–water partition coefficient (Wildman–Crippen LogP) is 5.66. The predicted molar refractivity (Wildman–Crippen MR) is 114 cm³/mol. The van der Waals surface area contributed by atoms with E-state index in [-0.39, 0.29) is 5.56 Å². The van der Waals surface area contributed by atoms with Crippen LogP contribution in [-0.2, 0) is 13.2 Å². The van der Waals surface area contributed by atoms with Gasteiger partial charge >= 0.3 is 0 Å². The molecule has 2 aromatic carbocycles. The summed E-state index contributed by atoms with van der Waals surface area (Å²) in [7, 11) is 0. The fraction of sp³-hybridized carbons (Fsp3) is 0.174. The van der Waals surface area contributed by atoms with Crippen molar-refractivity contribution in [2.24, 2.45) is 0 Å². The highest BCUT2D eigenvalue weighted by Gasteiger charge is 2.13. The second-order valence-corrected chi connectivity index (χ2v) is 7.00. The molecule has 0 atom stereocenters. The Kier molecular flexibility index (Phi) is 6.66. The Hall–Kier alpha value is -2.59. The molecule has 0 unspecified atom stereocenters. The first kappa shape index (κ1) is 19.2. The van der Waals surface area contributed by atoms with Gasteiger partial charge in [-0.25, -0.2) is 0 Å². The second-order valence-electron chi connectivity index (χ2n) is 6.21. The molecule has 1 aromatic heterocycles. The summed E-state index contributed by atoms with van der Waals surface area (Å²) in [5.41, 5.74) is 2.87. The molecule has 0 N–H and O–H groups in total. The molecule has 0 aliphatic rings. The number of nitrogens with zero attached hydrogens (tertiary/aromatic N) is 1. The van der Waals surface area contributed by atoms with Crippen molar-refractivity contribution >= 4 is 22.0 Å². The van der Waals surface area contributed by atoms with Gasteiger partial charge in [-0.3, -0.25) is 4.79 Å². The third kappa shape index (κ3) is 4.98. The molecule has 3 nitrogen and oxygen atoms in total. The van der Waals surface area contributed by atoms with Gasteiger partial charge in [0.15, 0.2) is 0 Å². The van der Waals surface area contributed by atoms with E-state index >= 15 is 0 Å². The van der Waals surface area contributed by atoms with Crippen LogP contribution >= 0.6 is 15.9 Å². The first-order valence-electron chi connectivity index (χ1n) is 8.99. The maximum atomic E-state index is 13.0. The van der Waals surface area contributed by atoms with E-state index in [1.807, 2.05) is 78.9 Å². The molecule has 138 valence electrons. The molecule has 0 saturated heterocycles. The summed E-state index contributed by atoms with van der Waals surface area (Å²) in [6.07, 6.45) is 4.92. The van der Waals surface area contributed by atoms with Gasteiger partial charge in [0.2, 0.25) is 0 Å². The summed E-state index contributed by atoms with van der Waals surface area (Å²) in [6.45, 7) is 3.00. The molecule has 0 saturated carbocycles. The van der Waals surface area contributed by atoms with Gasteiger partial charge in [-0.05, 0) is 39.6 Å². The molecule has 0 aliphatic carbocycles. The van der Waals surface area contributed by atoms with Crippen LogP contribution in [0.15, 0.2) is 82.1 Å². The first-order valence-corrected chi connectivity index (χ1v) is 9.79. The molecular weight excluding hydrogens is 402 g/mol. The summed E-state index contributed by atoms with van der Waals surface area (Å²) in [6, 6.07) is 21.8. The first-order chi connectivity index (χ1) is 13.2. The highest BCUT2D eigenvalue weighted by Crippen LogP contribution is 2.25. The fourth-order valence-corrected chi connectivity index (χ4v) is 3.21. The minimum Gasteiger partial charge on any atom is -0.487 e. The number of hydrogen-bond acceptors (Lipinski definition) is 2. The standard InChI is InChI=1S/C23H22BrNO2/c1-2-3-14-20-15-21(27-17-19-12-8-5-9-13-19)22(24)23(26)25(20)16-18-10-6-4-7-11-18/h3-15H,2,16-17H2,1H3. The third-order valence-corrected chi connectivity index (χ3v) is 4.91. The lowest BCUT2D eigenvalue weighted by molar-refractivity contribution is 0.302. The van der Waals surface area contributed by atoms with E-state index in [0.29, 0.717) is 23.4 Å². The van der Waals surface area contributed by atoms with Gasteiger partial charge in [0.1, 0.15) is 16.8 Å². The molecule has 0 radical (unpaired) electrons. The van der Waals surface area contributed by atoms with Crippen molar-refractivity contribution in [2.45, 2.75) is 26.5 Å². The lowest BCUT2D eigenvalue weighted by atomic mass is 10.2. The Bertz CT molecular complexity index is 963. The van der Waals surface area contributed by atoms with Crippen LogP contribution in [0, 0.1) is 0 Å².